The number of aliphatic hydroxyl groups excluding tert-OH is 2. The lowest BCUT2D eigenvalue weighted by atomic mass is 10.1. The minimum atomic E-state index is -0.787. The molecule has 0 aliphatic rings. The molecule has 5 heteroatoms. The fraction of sp³-hybridized carbons (Fsp3) is 0.286. The summed E-state index contributed by atoms with van der Waals surface area (Å²) >= 11 is 1.53. The van der Waals surface area contributed by atoms with E-state index < -0.39 is 12.2 Å². The molecule has 2 rings (SSSR count). The van der Waals surface area contributed by atoms with Gasteiger partial charge in [-0.05, 0) is 40.1 Å². The molecule has 1 aromatic heterocycles. The van der Waals surface area contributed by atoms with Gasteiger partial charge in [-0.3, -0.25) is 0 Å². The van der Waals surface area contributed by atoms with E-state index in [0.29, 0.717) is 12.1 Å². The fourth-order valence-corrected chi connectivity index (χ4v) is 2.48. The van der Waals surface area contributed by atoms with E-state index in [2.05, 4.69) is 5.32 Å². The van der Waals surface area contributed by atoms with Crippen LogP contribution in [0, 0.1) is 5.82 Å². The fourth-order valence-electron chi connectivity index (χ4n) is 1.77. The molecular formula is C14H16FNO2S. The van der Waals surface area contributed by atoms with Crippen LogP contribution in [0.25, 0.3) is 0 Å². The van der Waals surface area contributed by atoms with E-state index >= 15 is 0 Å². The van der Waals surface area contributed by atoms with Gasteiger partial charge in [-0.15, -0.1) is 0 Å². The summed E-state index contributed by atoms with van der Waals surface area (Å²) in [6.45, 7) is 0.619. The first-order valence-electron chi connectivity index (χ1n) is 6.01. The maximum atomic E-state index is 13.0. The molecule has 3 N–H and O–H groups in total. The molecule has 0 fully saturated rings. The summed E-state index contributed by atoms with van der Waals surface area (Å²) < 4.78 is 13.0. The Hall–Kier alpha value is -1.27. The summed E-state index contributed by atoms with van der Waals surface area (Å²) in [6.07, 6.45) is -1.38. The Morgan fingerprint density at radius 1 is 1.11 bits per heavy atom. The van der Waals surface area contributed by atoms with Crippen molar-refractivity contribution >= 4 is 11.3 Å². The Labute approximate surface area is 115 Å². The Morgan fingerprint density at radius 2 is 1.84 bits per heavy atom. The Kier molecular flexibility index (Phi) is 5.04. The maximum Gasteiger partial charge on any atom is 0.123 e. The van der Waals surface area contributed by atoms with Gasteiger partial charge < -0.3 is 15.5 Å². The van der Waals surface area contributed by atoms with E-state index in [4.69, 9.17) is 0 Å². The second-order valence-electron chi connectivity index (χ2n) is 4.30. The highest BCUT2D eigenvalue weighted by molar-refractivity contribution is 7.07. The molecule has 0 saturated carbocycles. The summed E-state index contributed by atoms with van der Waals surface area (Å²) in [6, 6.07) is 7.74. The van der Waals surface area contributed by atoms with Crippen LogP contribution in [0.15, 0.2) is 41.1 Å². The van der Waals surface area contributed by atoms with E-state index in [0.717, 1.165) is 5.56 Å². The van der Waals surface area contributed by atoms with E-state index in [1.54, 1.807) is 12.1 Å². The number of halogens is 1. The van der Waals surface area contributed by atoms with Gasteiger partial charge in [0, 0.05) is 13.1 Å². The number of hydrogen-bond acceptors (Lipinski definition) is 4. The average Bonchev–Trinajstić information content (AvgIpc) is 2.92. The second kappa shape index (κ2) is 6.77. The third-order valence-corrected chi connectivity index (χ3v) is 3.54. The largest absolute Gasteiger partial charge is 0.387 e. The van der Waals surface area contributed by atoms with E-state index in [9.17, 15) is 14.6 Å². The molecule has 0 bridgehead atoms. The quantitative estimate of drug-likeness (QED) is 0.761. The van der Waals surface area contributed by atoms with Gasteiger partial charge in [0.25, 0.3) is 0 Å². The van der Waals surface area contributed by atoms with Crippen LogP contribution in [0.5, 0.6) is 0 Å². The minimum Gasteiger partial charge on any atom is -0.387 e. The number of rotatable bonds is 6. The standard InChI is InChI=1S/C14H16FNO2S/c15-12-3-1-2-10(6-12)13(17)7-16-8-14(18)11-4-5-19-9-11/h1-6,9,13-14,16-18H,7-8H2. The minimum absolute atomic E-state index is 0.269. The SMILES string of the molecule is OC(CNCC(O)c1cccc(F)c1)c1ccsc1. The van der Waals surface area contributed by atoms with Crippen LogP contribution in [0.4, 0.5) is 4.39 Å². The molecule has 0 aliphatic heterocycles. The van der Waals surface area contributed by atoms with Crippen LogP contribution >= 0.6 is 11.3 Å². The number of nitrogens with one attached hydrogen (secondary N) is 1. The first-order valence-corrected chi connectivity index (χ1v) is 6.95. The van der Waals surface area contributed by atoms with Gasteiger partial charge in [0.2, 0.25) is 0 Å². The van der Waals surface area contributed by atoms with Crippen molar-refractivity contribution in [2.45, 2.75) is 12.2 Å². The molecule has 19 heavy (non-hydrogen) atoms. The molecule has 2 aromatic rings. The zero-order valence-corrected chi connectivity index (χ0v) is 11.1. The highest BCUT2D eigenvalue weighted by Gasteiger charge is 2.11. The first kappa shape index (κ1) is 14.1. The zero-order chi connectivity index (χ0) is 13.7. The monoisotopic (exact) mass is 281 g/mol. The highest BCUT2D eigenvalue weighted by Crippen LogP contribution is 2.16. The highest BCUT2D eigenvalue weighted by atomic mass is 32.1. The lowest BCUT2D eigenvalue weighted by Crippen LogP contribution is -2.26. The van der Waals surface area contributed by atoms with Crippen molar-refractivity contribution < 1.29 is 14.6 Å². The molecule has 3 nitrogen and oxygen atoms in total. The van der Waals surface area contributed by atoms with Gasteiger partial charge in [0.05, 0.1) is 12.2 Å². The van der Waals surface area contributed by atoms with Crippen molar-refractivity contribution in [3.8, 4) is 0 Å². The van der Waals surface area contributed by atoms with Gasteiger partial charge in [0.1, 0.15) is 5.82 Å². The van der Waals surface area contributed by atoms with Gasteiger partial charge >= 0.3 is 0 Å². The molecule has 1 heterocycles. The second-order valence-corrected chi connectivity index (χ2v) is 5.08. The van der Waals surface area contributed by atoms with Crippen LogP contribution in [0.1, 0.15) is 23.3 Å². The molecule has 0 saturated heterocycles. The van der Waals surface area contributed by atoms with Gasteiger partial charge in [-0.2, -0.15) is 11.3 Å². The van der Waals surface area contributed by atoms with Crippen molar-refractivity contribution in [3.63, 3.8) is 0 Å². The molecular weight excluding hydrogens is 265 g/mol. The molecule has 1 aromatic carbocycles. The predicted octanol–water partition coefficient (Wildman–Crippen LogP) is 2.24. The lowest BCUT2D eigenvalue weighted by molar-refractivity contribution is 0.147. The molecule has 0 amide bonds. The first-order chi connectivity index (χ1) is 9.16. The maximum absolute atomic E-state index is 13.0. The average molecular weight is 281 g/mol. The Morgan fingerprint density at radius 3 is 2.47 bits per heavy atom. The van der Waals surface area contributed by atoms with Crippen LogP contribution in [-0.2, 0) is 0 Å². The van der Waals surface area contributed by atoms with Gasteiger partial charge in [0.15, 0.2) is 0 Å². The van der Waals surface area contributed by atoms with Crippen molar-refractivity contribution in [2.75, 3.05) is 13.1 Å². The van der Waals surface area contributed by atoms with Crippen LogP contribution in [0.2, 0.25) is 0 Å². The van der Waals surface area contributed by atoms with E-state index in [1.165, 1.54) is 23.5 Å². The van der Waals surface area contributed by atoms with Crippen LogP contribution in [0.3, 0.4) is 0 Å². The Bertz CT molecular complexity index is 504. The smallest absolute Gasteiger partial charge is 0.123 e. The van der Waals surface area contributed by atoms with Gasteiger partial charge in [-0.1, -0.05) is 12.1 Å². The molecule has 0 radical (unpaired) electrons. The summed E-state index contributed by atoms with van der Waals surface area (Å²) in [5, 5.41) is 26.5. The zero-order valence-electron chi connectivity index (χ0n) is 10.3. The van der Waals surface area contributed by atoms with Crippen molar-refractivity contribution in [3.05, 3.63) is 58.0 Å². The molecule has 102 valence electrons. The van der Waals surface area contributed by atoms with E-state index in [-0.39, 0.29) is 12.4 Å². The lowest BCUT2D eigenvalue weighted by Gasteiger charge is -2.14. The third-order valence-electron chi connectivity index (χ3n) is 2.84. The van der Waals surface area contributed by atoms with E-state index in [1.807, 2.05) is 16.8 Å². The Balaban J connectivity index is 1.79. The molecule has 0 aliphatic carbocycles. The van der Waals surface area contributed by atoms with Crippen molar-refractivity contribution in [1.29, 1.82) is 0 Å². The van der Waals surface area contributed by atoms with Gasteiger partial charge in [-0.25, -0.2) is 4.39 Å². The molecule has 2 atom stereocenters. The number of thiophene rings is 1. The number of benzene rings is 1. The van der Waals surface area contributed by atoms with Crippen molar-refractivity contribution in [1.82, 2.24) is 5.32 Å². The van der Waals surface area contributed by atoms with Crippen LogP contribution < -0.4 is 5.32 Å². The molecule has 0 spiro atoms. The predicted molar refractivity (Wildman–Crippen MR) is 73.5 cm³/mol. The normalized spacial score (nSPS) is 14.3. The van der Waals surface area contributed by atoms with Crippen molar-refractivity contribution in [2.24, 2.45) is 0 Å². The summed E-state index contributed by atoms with van der Waals surface area (Å²) in [5.41, 5.74) is 1.38. The third kappa shape index (κ3) is 4.11. The number of hydrogen-bond donors (Lipinski definition) is 3. The molecule has 2 unspecified atom stereocenters. The summed E-state index contributed by atoms with van der Waals surface area (Å²) in [4.78, 5) is 0. The topological polar surface area (TPSA) is 52.5 Å². The summed E-state index contributed by atoms with van der Waals surface area (Å²) in [7, 11) is 0. The summed E-state index contributed by atoms with van der Waals surface area (Å²) in [5.74, 6) is -0.366. The number of aliphatic hydroxyl groups is 2. The van der Waals surface area contributed by atoms with Crippen LogP contribution in [-0.4, -0.2) is 23.3 Å².